The van der Waals surface area contributed by atoms with Gasteiger partial charge in [0.15, 0.2) is 4.90 Å². The molecule has 0 aromatic heterocycles. The zero-order valence-corrected chi connectivity index (χ0v) is 13.7. The van der Waals surface area contributed by atoms with Crippen LogP contribution in [-0.2, 0) is 10.0 Å². The van der Waals surface area contributed by atoms with E-state index in [0.29, 0.717) is 17.5 Å². The van der Waals surface area contributed by atoms with Crippen LogP contribution in [0.4, 0.5) is 5.69 Å². The number of nitrogens with zero attached hydrogens (tertiary/aromatic N) is 1. The highest BCUT2D eigenvalue weighted by molar-refractivity contribution is 7.89. The average molecular weight is 327 g/mol. The molecule has 1 aromatic rings. The fourth-order valence-electron chi connectivity index (χ4n) is 2.71. The van der Waals surface area contributed by atoms with Crippen LogP contribution in [0.2, 0.25) is 0 Å². The minimum absolute atomic E-state index is 0.132. The normalized spacial score (nSPS) is 22.5. The van der Waals surface area contributed by atoms with E-state index in [1.807, 2.05) is 6.92 Å². The van der Waals surface area contributed by atoms with Crippen LogP contribution in [0.3, 0.4) is 0 Å². The molecule has 0 spiro atoms. The van der Waals surface area contributed by atoms with Crippen LogP contribution in [0.5, 0.6) is 0 Å². The van der Waals surface area contributed by atoms with Crippen molar-refractivity contribution < 1.29 is 13.3 Å². The minimum atomic E-state index is -3.94. The third kappa shape index (κ3) is 3.29. The van der Waals surface area contributed by atoms with Crippen molar-refractivity contribution in [1.29, 1.82) is 0 Å². The first kappa shape index (κ1) is 16.9. The fourth-order valence-corrected chi connectivity index (χ4v) is 4.55. The number of piperidine rings is 1. The highest BCUT2D eigenvalue weighted by Gasteiger charge is 2.33. The molecule has 1 saturated heterocycles. The van der Waals surface area contributed by atoms with Crippen LogP contribution in [0.25, 0.3) is 0 Å². The highest BCUT2D eigenvalue weighted by Crippen LogP contribution is 2.30. The van der Waals surface area contributed by atoms with Crippen molar-refractivity contribution in [2.75, 3.05) is 13.1 Å². The number of rotatable bonds is 4. The topological polar surface area (TPSA) is 101 Å². The molecule has 7 nitrogen and oxygen atoms in total. The molecule has 2 rings (SSSR count). The van der Waals surface area contributed by atoms with E-state index in [1.54, 1.807) is 19.9 Å². The summed E-state index contributed by atoms with van der Waals surface area (Å²) in [4.78, 5) is 10.3. The summed E-state index contributed by atoms with van der Waals surface area (Å²) in [5.41, 5.74) is 0.754. The first-order valence-corrected chi connectivity index (χ1v) is 8.70. The molecule has 22 heavy (non-hydrogen) atoms. The quantitative estimate of drug-likeness (QED) is 0.644. The molecular formula is C14H21N3O4S. The molecule has 2 unspecified atom stereocenters. The molecule has 0 bridgehead atoms. The van der Waals surface area contributed by atoms with Crippen molar-refractivity contribution in [3.05, 3.63) is 33.4 Å². The molecule has 1 fully saturated rings. The zero-order chi connectivity index (χ0) is 16.5. The first-order chi connectivity index (χ1) is 10.2. The number of nitro groups is 1. The second-order valence-electron chi connectivity index (χ2n) is 5.81. The Morgan fingerprint density at radius 1 is 1.36 bits per heavy atom. The van der Waals surface area contributed by atoms with Gasteiger partial charge < -0.3 is 5.32 Å². The smallest absolute Gasteiger partial charge is 0.289 e. The molecule has 2 atom stereocenters. The van der Waals surface area contributed by atoms with E-state index < -0.39 is 14.9 Å². The second kappa shape index (κ2) is 6.31. The Hall–Kier alpha value is -1.51. The predicted molar refractivity (Wildman–Crippen MR) is 83.3 cm³/mol. The summed E-state index contributed by atoms with van der Waals surface area (Å²) in [6.45, 7) is 6.75. The maximum absolute atomic E-state index is 12.7. The van der Waals surface area contributed by atoms with Crippen LogP contribution in [0.15, 0.2) is 17.0 Å². The van der Waals surface area contributed by atoms with Crippen molar-refractivity contribution in [1.82, 2.24) is 10.0 Å². The Bertz CT molecular complexity index is 688. The Balaban J connectivity index is 2.45. The van der Waals surface area contributed by atoms with E-state index in [2.05, 4.69) is 10.0 Å². The Labute approximate surface area is 130 Å². The van der Waals surface area contributed by atoms with E-state index in [1.165, 1.54) is 6.07 Å². The predicted octanol–water partition coefficient (Wildman–Crippen LogP) is 1.49. The third-order valence-electron chi connectivity index (χ3n) is 4.21. The van der Waals surface area contributed by atoms with Crippen LogP contribution in [-0.4, -0.2) is 32.5 Å². The monoisotopic (exact) mass is 327 g/mol. The van der Waals surface area contributed by atoms with Gasteiger partial charge in [0, 0.05) is 12.1 Å². The lowest BCUT2D eigenvalue weighted by molar-refractivity contribution is -0.387. The number of nitro benzene ring substituents is 1. The van der Waals surface area contributed by atoms with Gasteiger partial charge in [0.1, 0.15) is 0 Å². The molecule has 1 aliphatic heterocycles. The zero-order valence-electron chi connectivity index (χ0n) is 12.9. The Kier molecular flexibility index (Phi) is 4.84. The SMILES string of the molecule is Cc1ccc([N+](=O)[O-])c(S(=O)(=O)NC2CCNCC2C)c1C. The molecule has 1 aromatic carbocycles. The number of benzene rings is 1. The van der Waals surface area contributed by atoms with Gasteiger partial charge in [-0.3, -0.25) is 10.1 Å². The Morgan fingerprint density at radius 3 is 2.64 bits per heavy atom. The van der Waals surface area contributed by atoms with Gasteiger partial charge in [0.25, 0.3) is 5.69 Å². The summed E-state index contributed by atoms with van der Waals surface area (Å²) in [7, 11) is -3.94. The van der Waals surface area contributed by atoms with E-state index in [9.17, 15) is 18.5 Å². The summed E-state index contributed by atoms with van der Waals surface area (Å²) >= 11 is 0. The van der Waals surface area contributed by atoms with Gasteiger partial charge in [0.2, 0.25) is 10.0 Å². The van der Waals surface area contributed by atoms with Crippen molar-refractivity contribution in [3.8, 4) is 0 Å². The maximum atomic E-state index is 12.7. The number of sulfonamides is 1. The van der Waals surface area contributed by atoms with E-state index in [-0.39, 0.29) is 22.5 Å². The van der Waals surface area contributed by atoms with E-state index in [4.69, 9.17) is 0 Å². The molecule has 0 aliphatic carbocycles. The molecule has 0 radical (unpaired) electrons. The van der Waals surface area contributed by atoms with Crippen LogP contribution in [0.1, 0.15) is 24.5 Å². The first-order valence-electron chi connectivity index (χ1n) is 7.21. The lowest BCUT2D eigenvalue weighted by Gasteiger charge is -2.30. The molecule has 2 N–H and O–H groups in total. The lowest BCUT2D eigenvalue weighted by Crippen LogP contribution is -2.48. The third-order valence-corrected chi connectivity index (χ3v) is 5.88. The van der Waals surface area contributed by atoms with Crippen molar-refractivity contribution in [2.24, 2.45) is 5.92 Å². The van der Waals surface area contributed by atoms with Gasteiger partial charge in [-0.25, -0.2) is 13.1 Å². The van der Waals surface area contributed by atoms with Crippen molar-refractivity contribution in [3.63, 3.8) is 0 Å². The fraction of sp³-hybridized carbons (Fsp3) is 0.571. The molecular weight excluding hydrogens is 306 g/mol. The standard InChI is InChI=1S/C14H21N3O4S/c1-9-4-5-13(17(18)19)14(11(9)3)22(20,21)16-12-6-7-15-8-10(12)2/h4-5,10,12,15-16H,6-8H2,1-3H3. The summed E-state index contributed by atoms with van der Waals surface area (Å²) < 4.78 is 28.1. The lowest BCUT2D eigenvalue weighted by atomic mass is 9.97. The highest BCUT2D eigenvalue weighted by atomic mass is 32.2. The molecule has 0 amide bonds. The van der Waals surface area contributed by atoms with Crippen molar-refractivity contribution >= 4 is 15.7 Å². The number of hydrogen-bond acceptors (Lipinski definition) is 5. The van der Waals surface area contributed by atoms with Gasteiger partial charge in [-0.2, -0.15) is 0 Å². The van der Waals surface area contributed by atoms with E-state index in [0.717, 1.165) is 13.1 Å². The minimum Gasteiger partial charge on any atom is -0.316 e. The van der Waals surface area contributed by atoms with Gasteiger partial charge in [-0.15, -0.1) is 0 Å². The van der Waals surface area contributed by atoms with Crippen LogP contribution < -0.4 is 10.0 Å². The number of nitrogens with one attached hydrogen (secondary N) is 2. The summed E-state index contributed by atoms with van der Waals surface area (Å²) in [6.07, 6.45) is 0.666. The maximum Gasteiger partial charge on any atom is 0.289 e. The van der Waals surface area contributed by atoms with Crippen LogP contribution in [0, 0.1) is 29.9 Å². The molecule has 122 valence electrons. The largest absolute Gasteiger partial charge is 0.316 e. The molecule has 1 heterocycles. The van der Waals surface area contributed by atoms with Crippen molar-refractivity contribution in [2.45, 2.75) is 38.1 Å². The van der Waals surface area contributed by atoms with E-state index >= 15 is 0 Å². The van der Waals surface area contributed by atoms with Gasteiger partial charge in [-0.05, 0) is 50.4 Å². The Morgan fingerprint density at radius 2 is 2.05 bits per heavy atom. The van der Waals surface area contributed by atoms with Gasteiger partial charge >= 0.3 is 0 Å². The summed E-state index contributed by atoms with van der Waals surface area (Å²) in [5, 5.41) is 14.4. The number of hydrogen-bond donors (Lipinski definition) is 2. The average Bonchev–Trinajstić information content (AvgIpc) is 2.43. The van der Waals surface area contributed by atoms with Gasteiger partial charge in [0.05, 0.1) is 4.92 Å². The molecule has 1 aliphatic rings. The second-order valence-corrected chi connectivity index (χ2v) is 7.46. The summed E-state index contributed by atoms with van der Waals surface area (Å²) in [6, 6.07) is 2.60. The summed E-state index contributed by atoms with van der Waals surface area (Å²) in [5.74, 6) is 0.132. The molecule has 0 saturated carbocycles. The molecule has 8 heteroatoms. The van der Waals surface area contributed by atoms with Gasteiger partial charge in [-0.1, -0.05) is 13.0 Å². The number of aryl methyl sites for hydroxylation is 1. The van der Waals surface area contributed by atoms with Crippen LogP contribution >= 0.6 is 0 Å².